The number of hydrogen-bond donors (Lipinski definition) is 1. The molecular weight excluding hydrogens is 224 g/mol. The molecule has 3 aliphatic rings. The molecule has 104 valence electrons. The maximum absolute atomic E-state index is 5.88. The minimum Gasteiger partial charge on any atom is -0.377 e. The van der Waals surface area contributed by atoms with Gasteiger partial charge in [-0.25, -0.2) is 0 Å². The first-order valence-electron chi connectivity index (χ1n) is 7.99. The van der Waals surface area contributed by atoms with Gasteiger partial charge in [-0.3, -0.25) is 0 Å². The molecule has 0 radical (unpaired) electrons. The van der Waals surface area contributed by atoms with E-state index in [1.165, 1.54) is 71.1 Å². The average molecular weight is 252 g/mol. The zero-order valence-corrected chi connectivity index (χ0v) is 11.6. The van der Waals surface area contributed by atoms with Crippen LogP contribution in [0.2, 0.25) is 0 Å². The second-order valence-electron chi connectivity index (χ2n) is 6.35. The summed E-state index contributed by atoms with van der Waals surface area (Å²) in [6.07, 6.45) is 10.0. The van der Waals surface area contributed by atoms with Gasteiger partial charge >= 0.3 is 0 Å². The smallest absolute Gasteiger partial charge is 0.0702 e. The van der Waals surface area contributed by atoms with E-state index in [1.54, 1.807) is 0 Å². The van der Waals surface area contributed by atoms with Gasteiger partial charge in [-0.15, -0.1) is 0 Å². The van der Waals surface area contributed by atoms with Crippen molar-refractivity contribution in [2.24, 2.45) is 5.92 Å². The molecule has 3 heterocycles. The highest BCUT2D eigenvalue weighted by atomic mass is 16.5. The minimum absolute atomic E-state index is 0.522. The van der Waals surface area contributed by atoms with E-state index < -0.39 is 0 Å². The molecule has 0 aromatic heterocycles. The molecule has 0 spiro atoms. The van der Waals surface area contributed by atoms with Crippen LogP contribution >= 0.6 is 0 Å². The lowest BCUT2D eigenvalue weighted by molar-refractivity contribution is -0.0141. The molecule has 3 unspecified atom stereocenters. The lowest BCUT2D eigenvalue weighted by atomic mass is 9.89. The Labute approximate surface area is 111 Å². The maximum Gasteiger partial charge on any atom is 0.0702 e. The largest absolute Gasteiger partial charge is 0.377 e. The zero-order valence-electron chi connectivity index (χ0n) is 11.6. The van der Waals surface area contributed by atoms with Crippen LogP contribution in [-0.4, -0.2) is 49.8 Å². The molecular formula is C15H28N2O. The molecule has 3 heteroatoms. The standard InChI is InChI=1S/C15H28N2O/c1-2-10-18-14(6-1)12-17-9-4-5-13(11-17)15-7-3-8-16-15/h13-16H,1-12H2. The van der Waals surface area contributed by atoms with Gasteiger partial charge in [-0.2, -0.15) is 0 Å². The molecule has 0 aliphatic carbocycles. The van der Waals surface area contributed by atoms with Crippen LogP contribution < -0.4 is 5.32 Å². The van der Waals surface area contributed by atoms with Gasteiger partial charge in [0.1, 0.15) is 0 Å². The van der Waals surface area contributed by atoms with Crippen molar-refractivity contribution in [3.8, 4) is 0 Å². The Morgan fingerprint density at radius 2 is 2.06 bits per heavy atom. The van der Waals surface area contributed by atoms with E-state index in [0.29, 0.717) is 6.10 Å². The van der Waals surface area contributed by atoms with Crippen molar-refractivity contribution in [3.05, 3.63) is 0 Å². The van der Waals surface area contributed by atoms with Crippen molar-refractivity contribution < 1.29 is 4.74 Å². The third-order valence-electron chi connectivity index (χ3n) is 4.95. The van der Waals surface area contributed by atoms with Crippen LogP contribution in [0.4, 0.5) is 0 Å². The summed E-state index contributed by atoms with van der Waals surface area (Å²) in [5.74, 6) is 0.893. The molecule has 0 amide bonds. The van der Waals surface area contributed by atoms with Crippen LogP contribution in [0.15, 0.2) is 0 Å². The Balaban J connectivity index is 1.47. The molecule has 3 atom stereocenters. The molecule has 3 nitrogen and oxygen atoms in total. The Kier molecular flexibility index (Phi) is 4.55. The highest BCUT2D eigenvalue weighted by molar-refractivity contribution is 4.87. The summed E-state index contributed by atoms with van der Waals surface area (Å²) in [5, 5.41) is 3.69. The fraction of sp³-hybridized carbons (Fsp3) is 1.00. The topological polar surface area (TPSA) is 24.5 Å². The molecule has 3 saturated heterocycles. The lowest BCUT2D eigenvalue weighted by Gasteiger charge is -2.38. The van der Waals surface area contributed by atoms with Crippen LogP contribution in [0.1, 0.15) is 44.9 Å². The zero-order chi connectivity index (χ0) is 12.2. The summed E-state index contributed by atoms with van der Waals surface area (Å²) >= 11 is 0. The summed E-state index contributed by atoms with van der Waals surface area (Å²) in [6.45, 7) is 6.02. The summed E-state index contributed by atoms with van der Waals surface area (Å²) in [5.41, 5.74) is 0. The first kappa shape index (κ1) is 12.9. The van der Waals surface area contributed by atoms with Gasteiger partial charge in [0.05, 0.1) is 6.10 Å². The Morgan fingerprint density at radius 1 is 1.06 bits per heavy atom. The number of ether oxygens (including phenoxy) is 1. The predicted molar refractivity (Wildman–Crippen MR) is 73.8 cm³/mol. The van der Waals surface area contributed by atoms with E-state index in [-0.39, 0.29) is 0 Å². The number of piperidine rings is 1. The highest BCUT2D eigenvalue weighted by Gasteiger charge is 2.30. The molecule has 3 fully saturated rings. The summed E-state index contributed by atoms with van der Waals surface area (Å²) in [7, 11) is 0. The highest BCUT2D eigenvalue weighted by Crippen LogP contribution is 2.25. The van der Waals surface area contributed by atoms with Gasteiger partial charge in [0.25, 0.3) is 0 Å². The molecule has 0 aromatic rings. The Hall–Kier alpha value is -0.120. The number of rotatable bonds is 3. The quantitative estimate of drug-likeness (QED) is 0.831. The van der Waals surface area contributed by atoms with Crippen molar-refractivity contribution in [3.63, 3.8) is 0 Å². The van der Waals surface area contributed by atoms with Gasteiger partial charge in [0, 0.05) is 25.7 Å². The van der Waals surface area contributed by atoms with Crippen molar-refractivity contribution >= 4 is 0 Å². The van der Waals surface area contributed by atoms with Crippen LogP contribution in [0.3, 0.4) is 0 Å². The van der Waals surface area contributed by atoms with Crippen molar-refractivity contribution in [2.45, 2.75) is 57.1 Å². The average Bonchev–Trinajstić information content (AvgIpc) is 2.94. The number of hydrogen-bond acceptors (Lipinski definition) is 3. The molecule has 3 rings (SSSR count). The monoisotopic (exact) mass is 252 g/mol. The van der Waals surface area contributed by atoms with E-state index in [1.807, 2.05) is 0 Å². The van der Waals surface area contributed by atoms with E-state index in [4.69, 9.17) is 4.74 Å². The summed E-state index contributed by atoms with van der Waals surface area (Å²) < 4.78 is 5.88. The van der Waals surface area contributed by atoms with Crippen molar-refractivity contribution in [1.82, 2.24) is 10.2 Å². The Bertz CT molecular complexity index is 247. The number of nitrogens with one attached hydrogen (secondary N) is 1. The van der Waals surface area contributed by atoms with Gasteiger partial charge in [-0.1, -0.05) is 0 Å². The van der Waals surface area contributed by atoms with Crippen molar-refractivity contribution in [2.75, 3.05) is 32.8 Å². The molecule has 0 saturated carbocycles. The molecule has 0 bridgehead atoms. The second-order valence-corrected chi connectivity index (χ2v) is 6.35. The fourth-order valence-corrected chi connectivity index (χ4v) is 3.94. The Morgan fingerprint density at radius 3 is 2.83 bits per heavy atom. The number of likely N-dealkylation sites (tertiary alicyclic amines) is 1. The van der Waals surface area contributed by atoms with Crippen LogP contribution in [0.5, 0.6) is 0 Å². The van der Waals surface area contributed by atoms with Gasteiger partial charge in [0.15, 0.2) is 0 Å². The van der Waals surface area contributed by atoms with Crippen LogP contribution in [0, 0.1) is 5.92 Å². The number of nitrogens with zero attached hydrogens (tertiary/aromatic N) is 1. The SMILES string of the molecule is C1CCC(CN2CCCC(C3CCCN3)C2)OC1. The molecule has 18 heavy (non-hydrogen) atoms. The first-order valence-corrected chi connectivity index (χ1v) is 7.99. The van der Waals surface area contributed by atoms with E-state index in [0.717, 1.165) is 18.6 Å². The van der Waals surface area contributed by atoms with E-state index in [9.17, 15) is 0 Å². The summed E-state index contributed by atoms with van der Waals surface area (Å²) in [6, 6.07) is 0.806. The summed E-state index contributed by atoms with van der Waals surface area (Å²) in [4.78, 5) is 2.67. The second kappa shape index (κ2) is 6.36. The molecule has 1 N–H and O–H groups in total. The fourth-order valence-electron chi connectivity index (χ4n) is 3.94. The van der Waals surface area contributed by atoms with Crippen LogP contribution in [-0.2, 0) is 4.74 Å². The van der Waals surface area contributed by atoms with Gasteiger partial charge in [-0.05, 0) is 64.0 Å². The van der Waals surface area contributed by atoms with E-state index in [2.05, 4.69) is 10.2 Å². The molecule has 0 aromatic carbocycles. The molecule has 3 aliphatic heterocycles. The maximum atomic E-state index is 5.88. The lowest BCUT2D eigenvalue weighted by Crippen LogP contribution is -2.46. The van der Waals surface area contributed by atoms with Crippen molar-refractivity contribution in [1.29, 1.82) is 0 Å². The minimum atomic E-state index is 0.522. The predicted octanol–water partition coefficient (Wildman–Crippen LogP) is 2.02. The normalized spacial score (nSPS) is 39.0. The van der Waals surface area contributed by atoms with Gasteiger partial charge in [0.2, 0.25) is 0 Å². The third kappa shape index (κ3) is 3.25. The van der Waals surface area contributed by atoms with Gasteiger partial charge < -0.3 is 15.0 Å². The van der Waals surface area contributed by atoms with Crippen LogP contribution in [0.25, 0.3) is 0 Å². The van der Waals surface area contributed by atoms with E-state index >= 15 is 0 Å². The first-order chi connectivity index (χ1) is 8.92. The third-order valence-corrected chi connectivity index (χ3v) is 4.95.